The van der Waals surface area contributed by atoms with E-state index in [0.29, 0.717) is 22.0 Å². The van der Waals surface area contributed by atoms with Crippen LogP contribution in [0.25, 0.3) is 0 Å². The fourth-order valence-corrected chi connectivity index (χ4v) is 3.25. The highest BCUT2D eigenvalue weighted by Crippen LogP contribution is 2.26. The number of halogens is 1. The Kier molecular flexibility index (Phi) is 5.47. The van der Waals surface area contributed by atoms with Crippen LogP contribution in [0.1, 0.15) is 27.9 Å². The third-order valence-corrected chi connectivity index (χ3v) is 4.64. The zero-order valence-electron chi connectivity index (χ0n) is 14.8. The lowest BCUT2D eigenvalue weighted by Gasteiger charge is -2.13. The van der Waals surface area contributed by atoms with Crippen LogP contribution in [0.4, 0.5) is 5.69 Å². The number of fused-ring (bicyclic) bond motifs is 1. The Labute approximate surface area is 157 Å². The van der Waals surface area contributed by atoms with Crippen molar-refractivity contribution >= 4 is 29.1 Å². The predicted octanol–water partition coefficient (Wildman–Crippen LogP) is 3.55. The molecule has 0 fully saturated rings. The number of ether oxygens (including phenoxy) is 1. The highest BCUT2D eigenvalue weighted by atomic mass is 35.5. The summed E-state index contributed by atoms with van der Waals surface area (Å²) in [4.78, 5) is 25.5. The minimum absolute atomic E-state index is 0.0885. The molecule has 0 aromatic heterocycles. The monoisotopic (exact) mass is 372 g/mol. The third kappa shape index (κ3) is 4.17. The van der Waals surface area contributed by atoms with Crippen molar-refractivity contribution in [2.75, 3.05) is 26.0 Å². The maximum Gasteiger partial charge on any atom is 0.262 e. The number of carbonyl (C=O) groups is 2. The molecule has 136 valence electrons. The molecule has 0 saturated carbocycles. The number of carbonyl (C=O) groups excluding carboxylic acids is 2. The van der Waals surface area contributed by atoms with Crippen molar-refractivity contribution < 1.29 is 14.3 Å². The predicted molar refractivity (Wildman–Crippen MR) is 102 cm³/mol. The summed E-state index contributed by atoms with van der Waals surface area (Å²) in [7, 11) is 3.31. The first-order chi connectivity index (χ1) is 12.4. The summed E-state index contributed by atoms with van der Waals surface area (Å²) < 4.78 is 5.58. The number of rotatable bonds is 5. The number of hydrogen-bond acceptors (Lipinski definition) is 3. The summed E-state index contributed by atoms with van der Waals surface area (Å²) in [6.07, 6.45) is 3.35. The van der Waals surface area contributed by atoms with Crippen LogP contribution in [0.5, 0.6) is 5.75 Å². The molecule has 3 rings (SSSR count). The minimum Gasteiger partial charge on any atom is -0.484 e. The van der Waals surface area contributed by atoms with Crippen LogP contribution >= 0.6 is 11.6 Å². The average Bonchev–Trinajstić information content (AvgIpc) is 3.07. The molecule has 0 bridgehead atoms. The number of nitrogens with zero attached hydrogens (tertiary/aromatic N) is 1. The van der Waals surface area contributed by atoms with E-state index < -0.39 is 0 Å². The van der Waals surface area contributed by atoms with Gasteiger partial charge >= 0.3 is 0 Å². The minimum atomic E-state index is -0.284. The largest absolute Gasteiger partial charge is 0.484 e. The van der Waals surface area contributed by atoms with E-state index in [0.717, 1.165) is 12.8 Å². The second-order valence-electron chi connectivity index (χ2n) is 6.52. The van der Waals surface area contributed by atoms with Crippen molar-refractivity contribution in [1.82, 2.24) is 4.90 Å². The maximum atomic E-state index is 12.1. The number of anilines is 1. The zero-order chi connectivity index (χ0) is 18.7. The van der Waals surface area contributed by atoms with Crippen molar-refractivity contribution in [1.29, 1.82) is 0 Å². The fraction of sp³-hybridized carbons (Fsp3) is 0.300. The quantitative estimate of drug-likeness (QED) is 0.873. The van der Waals surface area contributed by atoms with Gasteiger partial charge in [-0.3, -0.25) is 9.59 Å². The molecule has 5 nitrogen and oxygen atoms in total. The fourth-order valence-electron chi connectivity index (χ4n) is 2.99. The molecule has 1 aliphatic rings. The van der Waals surface area contributed by atoms with E-state index in [1.807, 2.05) is 12.1 Å². The van der Waals surface area contributed by atoms with Gasteiger partial charge in [0, 0.05) is 19.8 Å². The van der Waals surface area contributed by atoms with Crippen LogP contribution in [-0.4, -0.2) is 37.4 Å². The Balaban J connectivity index is 1.58. The third-order valence-electron chi connectivity index (χ3n) is 4.33. The van der Waals surface area contributed by atoms with E-state index in [4.69, 9.17) is 16.3 Å². The summed E-state index contributed by atoms with van der Waals surface area (Å²) in [5, 5.41) is 3.02. The van der Waals surface area contributed by atoms with Crippen molar-refractivity contribution in [3.05, 3.63) is 58.1 Å². The Morgan fingerprint density at radius 1 is 1.12 bits per heavy atom. The second-order valence-corrected chi connectivity index (χ2v) is 6.92. The molecule has 1 aliphatic carbocycles. The lowest BCUT2D eigenvalue weighted by molar-refractivity contribution is -0.118. The van der Waals surface area contributed by atoms with Crippen molar-refractivity contribution in [2.24, 2.45) is 0 Å². The van der Waals surface area contributed by atoms with Gasteiger partial charge in [0.2, 0.25) is 0 Å². The normalized spacial score (nSPS) is 12.4. The summed E-state index contributed by atoms with van der Waals surface area (Å²) in [5.41, 5.74) is 3.58. The topological polar surface area (TPSA) is 58.6 Å². The van der Waals surface area contributed by atoms with E-state index in [2.05, 4.69) is 11.4 Å². The molecule has 1 N–H and O–H groups in total. The first-order valence-corrected chi connectivity index (χ1v) is 8.87. The van der Waals surface area contributed by atoms with Crippen LogP contribution in [0.2, 0.25) is 5.02 Å². The Morgan fingerprint density at radius 3 is 2.62 bits per heavy atom. The lowest BCUT2D eigenvalue weighted by atomic mass is 10.1. The van der Waals surface area contributed by atoms with Crippen LogP contribution in [0, 0.1) is 0 Å². The van der Waals surface area contributed by atoms with E-state index >= 15 is 0 Å². The van der Waals surface area contributed by atoms with Gasteiger partial charge in [0.1, 0.15) is 5.75 Å². The summed E-state index contributed by atoms with van der Waals surface area (Å²) in [6.45, 7) is -0.0885. The van der Waals surface area contributed by atoms with Gasteiger partial charge in [0.15, 0.2) is 6.61 Å². The Bertz CT molecular complexity index is 849. The summed E-state index contributed by atoms with van der Waals surface area (Å²) in [6, 6.07) is 10.8. The molecule has 26 heavy (non-hydrogen) atoms. The highest BCUT2D eigenvalue weighted by molar-refractivity contribution is 6.34. The zero-order valence-corrected chi connectivity index (χ0v) is 15.6. The summed E-state index contributed by atoms with van der Waals surface area (Å²) in [5.74, 6) is 0.229. The first-order valence-electron chi connectivity index (χ1n) is 8.49. The van der Waals surface area contributed by atoms with Gasteiger partial charge in [-0.1, -0.05) is 17.7 Å². The molecule has 0 aliphatic heterocycles. The van der Waals surface area contributed by atoms with Gasteiger partial charge in [-0.15, -0.1) is 0 Å². The number of aryl methyl sites for hydroxylation is 2. The van der Waals surface area contributed by atoms with Gasteiger partial charge in [-0.2, -0.15) is 0 Å². The smallest absolute Gasteiger partial charge is 0.262 e. The van der Waals surface area contributed by atoms with Crippen LogP contribution < -0.4 is 10.1 Å². The van der Waals surface area contributed by atoms with Crippen molar-refractivity contribution in [3.63, 3.8) is 0 Å². The van der Waals surface area contributed by atoms with Gasteiger partial charge in [-0.25, -0.2) is 0 Å². The van der Waals surface area contributed by atoms with Gasteiger partial charge in [-0.05, 0) is 60.7 Å². The van der Waals surface area contributed by atoms with E-state index in [9.17, 15) is 9.59 Å². The molecule has 2 aromatic rings. The molecule has 6 heteroatoms. The van der Waals surface area contributed by atoms with Gasteiger partial charge < -0.3 is 15.0 Å². The number of amides is 2. The first kappa shape index (κ1) is 18.3. The van der Waals surface area contributed by atoms with Crippen molar-refractivity contribution in [2.45, 2.75) is 19.3 Å². The molecule has 0 heterocycles. The highest BCUT2D eigenvalue weighted by Gasteiger charge is 2.14. The average molecular weight is 373 g/mol. The van der Waals surface area contributed by atoms with Crippen LogP contribution in [0.15, 0.2) is 36.4 Å². The molecule has 2 aromatic carbocycles. The SMILES string of the molecule is CN(C)C(=O)c1ccc(NC(=O)COc2ccc3c(c2)CCC3)cc1Cl. The van der Waals surface area contributed by atoms with E-state index in [-0.39, 0.29) is 18.4 Å². The van der Waals surface area contributed by atoms with E-state index in [1.165, 1.54) is 22.4 Å². The number of nitrogens with one attached hydrogen (secondary N) is 1. The Hall–Kier alpha value is -2.53. The number of benzene rings is 2. The second kappa shape index (κ2) is 7.79. The molecular weight excluding hydrogens is 352 g/mol. The standard InChI is InChI=1S/C20H21ClN2O3/c1-23(2)20(25)17-9-7-15(11-18(17)21)22-19(24)12-26-16-8-6-13-4-3-5-14(13)10-16/h6-11H,3-5,12H2,1-2H3,(H,22,24). The molecule has 0 atom stereocenters. The van der Waals surface area contributed by atoms with Crippen LogP contribution in [-0.2, 0) is 17.6 Å². The molecule has 0 saturated heterocycles. The molecule has 2 amide bonds. The molecule has 0 radical (unpaired) electrons. The summed E-state index contributed by atoms with van der Waals surface area (Å²) >= 11 is 6.15. The number of hydrogen-bond donors (Lipinski definition) is 1. The molecule has 0 spiro atoms. The van der Waals surface area contributed by atoms with Gasteiger partial charge in [0.05, 0.1) is 10.6 Å². The lowest BCUT2D eigenvalue weighted by Crippen LogP contribution is -2.22. The molecule has 0 unspecified atom stereocenters. The van der Waals surface area contributed by atoms with Crippen molar-refractivity contribution in [3.8, 4) is 5.75 Å². The maximum absolute atomic E-state index is 12.1. The van der Waals surface area contributed by atoms with Crippen LogP contribution in [0.3, 0.4) is 0 Å². The Morgan fingerprint density at radius 2 is 1.88 bits per heavy atom. The molecular formula is C20H21ClN2O3. The van der Waals surface area contributed by atoms with Gasteiger partial charge in [0.25, 0.3) is 11.8 Å². The van der Waals surface area contributed by atoms with E-state index in [1.54, 1.807) is 32.3 Å².